The number of fused-ring (bicyclic) bond motifs is 1. The van der Waals surface area contributed by atoms with E-state index in [0.717, 1.165) is 17.6 Å². The van der Waals surface area contributed by atoms with Gasteiger partial charge in [0.05, 0.1) is 6.26 Å². The largest absolute Gasteiger partial charge is 0.213 e. The van der Waals surface area contributed by atoms with Crippen LogP contribution in [0.1, 0.15) is 37.4 Å². The Morgan fingerprint density at radius 3 is 2.61 bits per heavy atom. The Bertz CT molecular complexity index is 592. The van der Waals surface area contributed by atoms with Gasteiger partial charge in [0, 0.05) is 11.5 Å². The van der Waals surface area contributed by atoms with Crippen molar-refractivity contribution in [2.75, 3.05) is 6.26 Å². The molecule has 0 saturated heterocycles. The molecule has 0 saturated carbocycles. The second-order valence-electron chi connectivity index (χ2n) is 5.35. The fourth-order valence-electron chi connectivity index (χ4n) is 2.70. The van der Waals surface area contributed by atoms with E-state index in [1.165, 1.54) is 11.8 Å². The molecule has 1 aromatic carbocycles. The number of nitrogens with one attached hydrogen (secondary N) is 1. The Balaban J connectivity index is 2.49. The molecule has 0 unspecified atom stereocenters. The van der Waals surface area contributed by atoms with Gasteiger partial charge in [-0.2, -0.15) is 0 Å². The zero-order valence-corrected chi connectivity index (χ0v) is 11.8. The molecular formula is C14H19NO2S. The molecule has 1 aliphatic rings. The van der Waals surface area contributed by atoms with Gasteiger partial charge in [0.1, 0.15) is 0 Å². The van der Waals surface area contributed by atoms with Crippen LogP contribution < -0.4 is 4.72 Å². The van der Waals surface area contributed by atoms with Crippen LogP contribution >= 0.6 is 0 Å². The summed E-state index contributed by atoms with van der Waals surface area (Å²) in [5, 5.41) is 0. The van der Waals surface area contributed by atoms with E-state index in [1.807, 2.05) is 25.1 Å². The van der Waals surface area contributed by atoms with Crippen molar-refractivity contribution in [1.82, 2.24) is 4.72 Å². The topological polar surface area (TPSA) is 46.2 Å². The summed E-state index contributed by atoms with van der Waals surface area (Å²) < 4.78 is 25.6. The Morgan fingerprint density at radius 2 is 2.06 bits per heavy atom. The lowest BCUT2D eigenvalue weighted by atomic mass is 9.78. The van der Waals surface area contributed by atoms with Gasteiger partial charge in [-0.3, -0.25) is 0 Å². The highest BCUT2D eigenvalue weighted by atomic mass is 32.2. The van der Waals surface area contributed by atoms with E-state index >= 15 is 0 Å². The molecule has 0 aliphatic heterocycles. The van der Waals surface area contributed by atoms with E-state index in [0.29, 0.717) is 0 Å². The van der Waals surface area contributed by atoms with Gasteiger partial charge >= 0.3 is 0 Å². The van der Waals surface area contributed by atoms with Crippen LogP contribution in [0.2, 0.25) is 0 Å². The molecule has 0 aromatic heterocycles. The van der Waals surface area contributed by atoms with Crippen LogP contribution in [0.25, 0.3) is 0 Å². The summed E-state index contributed by atoms with van der Waals surface area (Å²) in [6.07, 6.45) is 1.93. The van der Waals surface area contributed by atoms with E-state index in [-0.39, 0.29) is 11.5 Å². The molecule has 2 atom stereocenters. The van der Waals surface area contributed by atoms with Crippen molar-refractivity contribution in [3.8, 4) is 0 Å². The maximum atomic E-state index is 11.4. The van der Waals surface area contributed by atoms with Crippen molar-refractivity contribution >= 4 is 10.0 Å². The minimum Gasteiger partial charge on any atom is -0.213 e. The third kappa shape index (κ3) is 2.22. The van der Waals surface area contributed by atoms with E-state index in [2.05, 4.69) is 24.3 Å². The van der Waals surface area contributed by atoms with Gasteiger partial charge in [-0.05, 0) is 24.5 Å². The number of allylic oxidation sites excluding steroid dienone is 1. The quantitative estimate of drug-likeness (QED) is 0.854. The molecule has 0 spiro atoms. The Hall–Kier alpha value is -1.13. The molecular weight excluding hydrogens is 246 g/mol. The molecule has 3 nitrogen and oxygen atoms in total. The highest BCUT2D eigenvalue weighted by Crippen LogP contribution is 2.48. The molecule has 0 bridgehead atoms. The minimum absolute atomic E-state index is 0.154. The minimum atomic E-state index is -3.21. The zero-order valence-electron chi connectivity index (χ0n) is 11.0. The van der Waals surface area contributed by atoms with Crippen LogP contribution in [0.5, 0.6) is 0 Å². The molecule has 2 rings (SSSR count). The molecule has 0 radical (unpaired) electrons. The summed E-state index contributed by atoms with van der Waals surface area (Å²) in [5.74, 6) is 0. The first-order valence-electron chi connectivity index (χ1n) is 5.97. The van der Waals surface area contributed by atoms with Crippen molar-refractivity contribution in [3.05, 3.63) is 47.5 Å². The predicted octanol–water partition coefficient (Wildman–Crippen LogP) is 2.51. The van der Waals surface area contributed by atoms with E-state index in [1.54, 1.807) is 0 Å². The molecule has 1 N–H and O–H groups in total. The van der Waals surface area contributed by atoms with Crippen molar-refractivity contribution in [3.63, 3.8) is 0 Å². The summed E-state index contributed by atoms with van der Waals surface area (Å²) >= 11 is 0. The fourth-order valence-corrected chi connectivity index (χ4v) is 3.43. The lowest BCUT2D eigenvalue weighted by molar-refractivity contribution is 0.480. The number of rotatable bonds is 3. The number of benzene rings is 1. The highest BCUT2D eigenvalue weighted by Gasteiger charge is 2.41. The van der Waals surface area contributed by atoms with Gasteiger partial charge in [-0.1, -0.05) is 43.3 Å². The van der Waals surface area contributed by atoms with Crippen molar-refractivity contribution in [2.45, 2.75) is 31.7 Å². The van der Waals surface area contributed by atoms with Crippen molar-refractivity contribution in [2.24, 2.45) is 0 Å². The van der Waals surface area contributed by atoms with Crippen LogP contribution in [0.3, 0.4) is 0 Å². The van der Waals surface area contributed by atoms with Crippen molar-refractivity contribution < 1.29 is 8.42 Å². The first-order valence-corrected chi connectivity index (χ1v) is 7.86. The smallest absolute Gasteiger partial charge is 0.209 e. The predicted molar refractivity (Wildman–Crippen MR) is 73.9 cm³/mol. The first kappa shape index (κ1) is 13.3. The number of sulfonamides is 1. The molecule has 18 heavy (non-hydrogen) atoms. The molecule has 98 valence electrons. The van der Waals surface area contributed by atoms with Crippen molar-refractivity contribution in [1.29, 1.82) is 0 Å². The molecule has 4 heteroatoms. The first-order chi connectivity index (χ1) is 8.24. The molecule has 1 aliphatic carbocycles. The van der Waals surface area contributed by atoms with Gasteiger partial charge < -0.3 is 0 Å². The summed E-state index contributed by atoms with van der Waals surface area (Å²) in [6.45, 7) is 8.18. The van der Waals surface area contributed by atoms with E-state index in [9.17, 15) is 8.42 Å². The van der Waals surface area contributed by atoms with Gasteiger partial charge in [0.2, 0.25) is 10.0 Å². The SMILES string of the molecule is C=C(C)[C@@]1(C)C[C@@H](NS(C)(=O)=O)c2ccccc21. The average Bonchev–Trinajstić information content (AvgIpc) is 2.52. The maximum Gasteiger partial charge on any atom is 0.209 e. The third-order valence-electron chi connectivity index (χ3n) is 3.84. The van der Waals surface area contributed by atoms with Crippen LogP contribution in [-0.4, -0.2) is 14.7 Å². The molecule has 0 fully saturated rings. The molecule has 0 heterocycles. The lowest BCUT2D eigenvalue weighted by Crippen LogP contribution is -2.28. The molecule has 0 amide bonds. The third-order valence-corrected chi connectivity index (χ3v) is 4.55. The summed E-state index contributed by atoms with van der Waals surface area (Å²) in [4.78, 5) is 0. The Kier molecular flexibility index (Phi) is 3.11. The van der Waals surface area contributed by atoms with Gasteiger partial charge in [0.25, 0.3) is 0 Å². The zero-order chi connectivity index (χ0) is 13.6. The standard InChI is InChI=1S/C14H19NO2S/c1-10(2)14(3)9-13(15-18(4,16)17)11-7-5-6-8-12(11)14/h5-8,13,15H,1,9H2,2-4H3/t13-,14-/m1/s1. The molecule has 1 aromatic rings. The average molecular weight is 265 g/mol. The van der Waals surface area contributed by atoms with Crippen LogP contribution in [0, 0.1) is 0 Å². The Labute approximate surface area is 109 Å². The van der Waals surface area contributed by atoms with Gasteiger partial charge in [-0.15, -0.1) is 0 Å². The van der Waals surface area contributed by atoms with Gasteiger partial charge in [-0.25, -0.2) is 13.1 Å². The summed E-state index contributed by atoms with van der Waals surface area (Å²) in [5.41, 5.74) is 3.15. The van der Waals surface area contributed by atoms with Crippen LogP contribution in [-0.2, 0) is 15.4 Å². The monoisotopic (exact) mass is 265 g/mol. The van der Waals surface area contributed by atoms with Crippen LogP contribution in [0.15, 0.2) is 36.4 Å². The Morgan fingerprint density at radius 1 is 1.44 bits per heavy atom. The second kappa shape index (κ2) is 4.21. The normalized spacial score (nSPS) is 26.9. The van der Waals surface area contributed by atoms with E-state index < -0.39 is 10.0 Å². The van der Waals surface area contributed by atoms with Gasteiger partial charge in [0.15, 0.2) is 0 Å². The maximum absolute atomic E-state index is 11.4. The number of hydrogen-bond donors (Lipinski definition) is 1. The fraction of sp³-hybridized carbons (Fsp3) is 0.429. The highest BCUT2D eigenvalue weighted by molar-refractivity contribution is 7.88. The summed E-state index contributed by atoms with van der Waals surface area (Å²) in [7, 11) is -3.21. The number of hydrogen-bond acceptors (Lipinski definition) is 2. The summed E-state index contributed by atoms with van der Waals surface area (Å²) in [6, 6.07) is 7.83. The second-order valence-corrected chi connectivity index (χ2v) is 7.13. The van der Waals surface area contributed by atoms with E-state index in [4.69, 9.17) is 0 Å². The van der Waals surface area contributed by atoms with Crippen LogP contribution in [0.4, 0.5) is 0 Å². The lowest BCUT2D eigenvalue weighted by Gasteiger charge is -2.26.